The predicted molar refractivity (Wildman–Crippen MR) is 129 cm³/mol. The summed E-state index contributed by atoms with van der Waals surface area (Å²) in [6, 6.07) is 12.2. The fourth-order valence-electron chi connectivity index (χ4n) is 2.62. The number of thiophene rings is 1. The minimum atomic E-state index is -0.0161. The molecule has 0 bridgehead atoms. The Morgan fingerprint density at radius 2 is 1.86 bits per heavy atom. The molecule has 1 heterocycles. The van der Waals surface area contributed by atoms with E-state index in [2.05, 4.69) is 52.1 Å². The van der Waals surface area contributed by atoms with Crippen LogP contribution in [0.2, 0.25) is 0 Å². The Morgan fingerprint density at radius 3 is 2.46 bits per heavy atom. The highest BCUT2D eigenvalue weighted by Crippen LogP contribution is 2.22. The number of hydrogen-bond donors (Lipinski definition) is 2. The average molecular weight is 518 g/mol. The molecule has 0 fully saturated rings. The fraction of sp³-hybridized carbons (Fsp3) is 0.450. The van der Waals surface area contributed by atoms with Crippen LogP contribution in [0.1, 0.15) is 17.8 Å². The molecule has 0 aliphatic rings. The number of hydrogen-bond acceptors (Lipinski definition) is 5. The molecule has 0 radical (unpaired) electrons. The number of halogens is 1. The fourth-order valence-corrected chi connectivity index (χ4v) is 3.54. The molecule has 1 aromatic heterocycles. The SMILES string of the molecule is CN=C(NCC(C)Oc1cccc(OC)c1)NCC(c1cccs1)N(C)C.I. The van der Waals surface area contributed by atoms with Crippen molar-refractivity contribution in [1.82, 2.24) is 15.5 Å². The largest absolute Gasteiger partial charge is 0.497 e. The maximum atomic E-state index is 5.94. The number of likely N-dealkylation sites (N-methyl/N-ethyl adjacent to an activating group) is 1. The molecule has 156 valence electrons. The molecular formula is C20H31IN4O2S. The van der Waals surface area contributed by atoms with Crippen LogP contribution in [0.3, 0.4) is 0 Å². The summed E-state index contributed by atoms with van der Waals surface area (Å²) in [6.45, 7) is 3.44. The van der Waals surface area contributed by atoms with Crippen molar-refractivity contribution < 1.29 is 9.47 Å². The molecule has 0 amide bonds. The van der Waals surface area contributed by atoms with Gasteiger partial charge in [-0.2, -0.15) is 0 Å². The van der Waals surface area contributed by atoms with Crippen LogP contribution >= 0.6 is 35.3 Å². The summed E-state index contributed by atoms with van der Waals surface area (Å²) in [6.07, 6.45) is -0.0161. The summed E-state index contributed by atoms with van der Waals surface area (Å²) < 4.78 is 11.2. The molecular weight excluding hydrogens is 487 g/mol. The van der Waals surface area contributed by atoms with Gasteiger partial charge in [-0.25, -0.2) is 0 Å². The van der Waals surface area contributed by atoms with E-state index < -0.39 is 0 Å². The summed E-state index contributed by atoms with van der Waals surface area (Å²) in [5, 5.41) is 8.84. The monoisotopic (exact) mass is 518 g/mol. The van der Waals surface area contributed by atoms with Crippen LogP contribution in [0.4, 0.5) is 0 Å². The standard InChI is InChI=1S/C20H30N4O2S.HI/c1-15(26-17-9-6-8-16(12-17)25-5)13-22-20(21-2)23-14-18(24(3)4)19-10-7-11-27-19;/h6-12,15,18H,13-14H2,1-5H3,(H2,21,22,23);1H. The molecule has 6 nitrogen and oxygen atoms in total. The van der Waals surface area contributed by atoms with Crippen LogP contribution in [0, 0.1) is 0 Å². The molecule has 2 unspecified atom stereocenters. The third-order valence-electron chi connectivity index (χ3n) is 4.12. The van der Waals surface area contributed by atoms with Crippen molar-refractivity contribution in [2.24, 2.45) is 4.99 Å². The van der Waals surface area contributed by atoms with Crippen molar-refractivity contribution in [1.29, 1.82) is 0 Å². The zero-order valence-corrected chi connectivity index (χ0v) is 20.3. The third-order valence-corrected chi connectivity index (χ3v) is 5.09. The topological polar surface area (TPSA) is 58.1 Å². The number of nitrogens with one attached hydrogen (secondary N) is 2. The van der Waals surface area contributed by atoms with Crippen molar-refractivity contribution in [2.75, 3.05) is 41.3 Å². The maximum absolute atomic E-state index is 5.94. The van der Waals surface area contributed by atoms with Crippen molar-refractivity contribution >= 4 is 41.3 Å². The minimum Gasteiger partial charge on any atom is -0.497 e. The van der Waals surface area contributed by atoms with E-state index in [1.807, 2.05) is 31.2 Å². The summed E-state index contributed by atoms with van der Waals surface area (Å²) in [5.74, 6) is 2.34. The lowest BCUT2D eigenvalue weighted by Crippen LogP contribution is -2.44. The van der Waals surface area contributed by atoms with E-state index >= 15 is 0 Å². The molecule has 0 aliphatic heterocycles. The second kappa shape index (κ2) is 12.8. The Bertz CT molecular complexity index is 710. The Morgan fingerprint density at radius 1 is 1.14 bits per heavy atom. The molecule has 2 aromatic rings. The first kappa shape index (κ1) is 24.5. The van der Waals surface area contributed by atoms with Crippen LogP contribution in [0.5, 0.6) is 11.5 Å². The summed E-state index contributed by atoms with van der Waals surface area (Å²) >= 11 is 1.77. The Kier molecular flexibility index (Phi) is 11.2. The summed E-state index contributed by atoms with van der Waals surface area (Å²) in [5.41, 5.74) is 0. The molecule has 0 saturated heterocycles. The van der Waals surface area contributed by atoms with Gasteiger partial charge in [0, 0.05) is 24.5 Å². The molecule has 2 N–H and O–H groups in total. The van der Waals surface area contributed by atoms with Crippen molar-refractivity contribution in [3.63, 3.8) is 0 Å². The van der Waals surface area contributed by atoms with Gasteiger partial charge in [0.05, 0.1) is 19.7 Å². The molecule has 0 aliphatic carbocycles. The lowest BCUT2D eigenvalue weighted by molar-refractivity contribution is 0.222. The highest BCUT2D eigenvalue weighted by Gasteiger charge is 2.15. The van der Waals surface area contributed by atoms with E-state index in [1.54, 1.807) is 25.5 Å². The van der Waals surface area contributed by atoms with Crippen molar-refractivity contribution in [3.05, 3.63) is 46.7 Å². The van der Waals surface area contributed by atoms with Gasteiger partial charge in [0.1, 0.15) is 17.6 Å². The first-order valence-corrected chi connectivity index (χ1v) is 9.86. The van der Waals surface area contributed by atoms with Crippen molar-refractivity contribution in [2.45, 2.75) is 19.1 Å². The number of methoxy groups -OCH3 is 1. The van der Waals surface area contributed by atoms with Gasteiger partial charge in [-0.3, -0.25) is 4.99 Å². The molecule has 0 spiro atoms. The van der Waals surface area contributed by atoms with E-state index in [9.17, 15) is 0 Å². The maximum Gasteiger partial charge on any atom is 0.191 e. The lowest BCUT2D eigenvalue weighted by atomic mass is 10.2. The minimum absolute atomic E-state index is 0. The van der Waals surface area contributed by atoms with Gasteiger partial charge in [0.15, 0.2) is 5.96 Å². The quantitative estimate of drug-likeness (QED) is 0.302. The van der Waals surface area contributed by atoms with Crippen LogP contribution in [-0.2, 0) is 0 Å². The number of ether oxygens (including phenoxy) is 2. The zero-order valence-electron chi connectivity index (χ0n) is 17.1. The van der Waals surface area contributed by atoms with Gasteiger partial charge in [0.25, 0.3) is 0 Å². The summed E-state index contributed by atoms with van der Waals surface area (Å²) in [7, 11) is 7.61. The second-order valence-electron chi connectivity index (χ2n) is 6.44. The van der Waals surface area contributed by atoms with Crippen LogP contribution in [-0.4, -0.2) is 58.3 Å². The summed E-state index contributed by atoms with van der Waals surface area (Å²) in [4.78, 5) is 7.85. The van der Waals surface area contributed by atoms with Gasteiger partial charge in [-0.1, -0.05) is 12.1 Å². The molecule has 0 saturated carbocycles. The van der Waals surface area contributed by atoms with E-state index in [0.717, 1.165) is 24.0 Å². The first-order chi connectivity index (χ1) is 13.0. The van der Waals surface area contributed by atoms with Gasteiger partial charge in [0.2, 0.25) is 0 Å². The molecule has 2 rings (SSSR count). The van der Waals surface area contributed by atoms with Gasteiger partial charge >= 0.3 is 0 Å². The number of benzene rings is 1. The van der Waals surface area contributed by atoms with Crippen LogP contribution < -0.4 is 20.1 Å². The van der Waals surface area contributed by atoms with Crippen LogP contribution in [0.25, 0.3) is 0 Å². The van der Waals surface area contributed by atoms with E-state index in [0.29, 0.717) is 12.6 Å². The predicted octanol–water partition coefficient (Wildman–Crippen LogP) is 3.61. The third kappa shape index (κ3) is 7.84. The van der Waals surface area contributed by atoms with Crippen LogP contribution in [0.15, 0.2) is 46.8 Å². The Labute approximate surface area is 189 Å². The highest BCUT2D eigenvalue weighted by atomic mass is 127. The Hall–Kier alpha value is -1.52. The van der Waals surface area contributed by atoms with Gasteiger partial charge in [-0.15, -0.1) is 35.3 Å². The van der Waals surface area contributed by atoms with E-state index in [-0.39, 0.29) is 30.1 Å². The number of guanidine groups is 1. The molecule has 2 atom stereocenters. The molecule has 1 aromatic carbocycles. The van der Waals surface area contributed by atoms with Crippen molar-refractivity contribution in [3.8, 4) is 11.5 Å². The highest BCUT2D eigenvalue weighted by molar-refractivity contribution is 14.0. The number of nitrogens with zero attached hydrogens (tertiary/aromatic N) is 2. The van der Waals surface area contributed by atoms with E-state index in [1.165, 1.54) is 4.88 Å². The number of aliphatic imine (C=N–C) groups is 1. The molecule has 8 heteroatoms. The van der Waals surface area contributed by atoms with Gasteiger partial charge in [-0.05, 0) is 44.6 Å². The Balaban J connectivity index is 0.00000392. The normalized spacial score (nSPS) is 13.4. The second-order valence-corrected chi connectivity index (χ2v) is 7.42. The molecule has 28 heavy (non-hydrogen) atoms. The first-order valence-electron chi connectivity index (χ1n) is 8.98. The van der Waals surface area contributed by atoms with Gasteiger partial charge < -0.3 is 25.0 Å². The smallest absolute Gasteiger partial charge is 0.191 e. The zero-order chi connectivity index (χ0) is 19.6. The average Bonchev–Trinajstić information content (AvgIpc) is 3.18. The van der Waals surface area contributed by atoms with E-state index in [4.69, 9.17) is 9.47 Å². The lowest BCUT2D eigenvalue weighted by Gasteiger charge is -2.25. The number of rotatable bonds is 9.